The third-order valence-corrected chi connectivity index (χ3v) is 6.61. The van der Waals surface area contributed by atoms with E-state index in [1.54, 1.807) is 18.2 Å². The zero-order valence-corrected chi connectivity index (χ0v) is 15.1. The molecule has 1 saturated heterocycles. The van der Waals surface area contributed by atoms with Gasteiger partial charge in [0.1, 0.15) is 4.90 Å². The third-order valence-electron chi connectivity index (χ3n) is 4.24. The van der Waals surface area contributed by atoms with Gasteiger partial charge in [-0.1, -0.05) is 54.9 Å². The highest BCUT2D eigenvalue weighted by molar-refractivity contribution is 7.89. The number of hydrogen-bond donors (Lipinski definition) is 0. The minimum atomic E-state index is -3.63. The molecule has 4 nitrogen and oxygen atoms in total. The van der Waals surface area contributed by atoms with Gasteiger partial charge in [0.25, 0.3) is 0 Å². The van der Waals surface area contributed by atoms with Gasteiger partial charge in [-0.2, -0.15) is 4.31 Å². The highest BCUT2D eigenvalue weighted by atomic mass is 35.5. The molecule has 1 heterocycles. The Balaban J connectivity index is 1.83. The van der Waals surface area contributed by atoms with Gasteiger partial charge < -0.3 is 4.74 Å². The fraction of sp³-hybridized carbons (Fsp3) is 0.333. The number of benzene rings is 2. The third kappa shape index (κ3) is 3.49. The van der Waals surface area contributed by atoms with Crippen molar-refractivity contribution in [1.29, 1.82) is 0 Å². The molecule has 3 rings (SSSR count). The lowest BCUT2D eigenvalue weighted by molar-refractivity contribution is -0.00256. The maximum atomic E-state index is 12.9. The summed E-state index contributed by atoms with van der Waals surface area (Å²) in [6.07, 6.45) is 0.709. The molecule has 128 valence electrons. The summed E-state index contributed by atoms with van der Waals surface area (Å²) in [6.45, 7) is 3.09. The first-order chi connectivity index (χ1) is 11.5. The molecule has 0 saturated carbocycles. The first-order valence-electron chi connectivity index (χ1n) is 7.97. The van der Waals surface area contributed by atoms with Crippen LogP contribution in [0.2, 0.25) is 5.02 Å². The number of sulfonamides is 1. The zero-order chi connectivity index (χ0) is 17.2. The summed E-state index contributed by atoms with van der Waals surface area (Å²) in [5.74, 6) is 0. The van der Waals surface area contributed by atoms with Crippen molar-refractivity contribution >= 4 is 21.6 Å². The molecule has 0 spiro atoms. The summed E-state index contributed by atoms with van der Waals surface area (Å²) in [5.41, 5.74) is 2.24. The van der Waals surface area contributed by atoms with E-state index in [-0.39, 0.29) is 16.0 Å². The summed E-state index contributed by atoms with van der Waals surface area (Å²) in [6, 6.07) is 14.7. The molecule has 2 aromatic carbocycles. The fourth-order valence-corrected chi connectivity index (χ4v) is 4.72. The van der Waals surface area contributed by atoms with Gasteiger partial charge in [-0.15, -0.1) is 0 Å². The molecule has 1 fully saturated rings. The van der Waals surface area contributed by atoms with Gasteiger partial charge >= 0.3 is 0 Å². The monoisotopic (exact) mass is 365 g/mol. The van der Waals surface area contributed by atoms with Gasteiger partial charge in [-0.05, 0) is 29.7 Å². The summed E-state index contributed by atoms with van der Waals surface area (Å²) in [7, 11) is -3.63. The summed E-state index contributed by atoms with van der Waals surface area (Å²) >= 11 is 6.08. The van der Waals surface area contributed by atoms with Crippen LogP contribution < -0.4 is 0 Å². The van der Waals surface area contributed by atoms with Crippen LogP contribution in [0.4, 0.5) is 0 Å². The van der Waals surface area contributed by atoms with Crippen molar-refractivity contribution in [3.8, 4) is 0 Å². The molecular formula is C18H20ClNO3S. The number of ether oxygens (including phenoxy) is 1. The second-order valence-corrected chi connectivity index (χ2v) is 8.06. The Morgan fingerprint density at radius 3 is 2.54 bits per heavy atom. The van der Waals surface area contributed by atoms with Gasteiger partial charge in [-0.3, -0.25) is 0 Å². The highest BCUT2D eigenvalue weighted by Gasteiger charge is 2.32. The van der Waals surface area contributed by atoms with Gasteiger partial charge in [0.15, 0.2) is 0 Å². The van der Waals surface area contributed by atoms with Gasteiger partial charge in [0.2, 0.25) is 10.0 Å². The highest BCUT2D eigenvalue weighted by Crippen LogP contribution is 2.29. The first kappa shape index (κ1) is 17.4. The minimum absolute atomic E-state index is 0.147. The van der Waals surface area contributed by atoms with Gasteiger partial charge in [-0.25, -0.2) is 8.42 Å². The molecule has 2 aromatic rings. The van der Waals surface area contributed by atoms with Crippen LogP contribution in [0.15, 0.2) is 53.4 Å². The molecule has 0 bridgehead atoms. The van der Waals surface area contributed by atoms with Crippen LogP contribution in [0.1, 0.15) is 24.2 Å². The Kier molecular flexibility index (Phi) is 5.25. The number of hydrogen-bond acceptors (Lipinski definition) is 3. The molecule has 1 unspecified atom stereocenters. The molecule has 0 N–H and O–H groups in total. The Labute approximate surface area is 148 Å². The van der Waals surface area contributed by atoms with Crippen molar-refractivity contribution < 1.29 is 13.2 Å². The van der Waals surface area contributed by atoms with Crippen molar-refractivity contribution in [1.82, 2.24) is 4.31 Å². The quantitative estimate of drug-likeness (QED) is 0.830. The average Bonchev–Trinajstić information content (AvgIpc) is 2.62. The van der Waals surface area contributed by atoms with E-state index in [0.717, 1.165) is 12.0 Å². The Bertz CT molecular complexity index is 805. The molecule has 1 atom stereocenters. The van der Waals surface area contributed by atoms with E-state index in [1.165, 1.54) is 15.9 Å². The van der Waals surface area contributed by atoms with Crippen LogP contribution in [-0.2, 0) is 21.2 Å². The number of aryl methyl sites for hydroxylation is 1. The summed E-state index contributed by atoms with van der Waals surface area (Å²) < 4.78 is 33.0. The topological polar surface area (TPSA) is 46.6 Å². The molecule has 0 amide bonds. The maximum absolute atomic E-state index is 12.9. The maximum Gasteiger partial charge on any atom is 0.244 e. The largest absolute Gasteiger partial charge is 0.371 e. The zero-order valence-electron chi connectivity index (χ0n) is 13.5. The fourth-order valence-electron chi connectivity index (χ4n) is 2.81. The van der Waals surface area contributed by atoms with E-state index in [0.29, 0.717) is 19.7 Å². The van der Waals surface area contributed by atoms with E-state index >= 15 is 0 Å². The molecule has 0 aliphatic carbocycles. The number of morpholine rings is 1. The van der Waals surface area contributed by atoms with Crippen molar-refractivity contribution in [3.05, 3.63) is 64.7 Å². The molecule has 0 aromatic heterocycles. The van der Waals surface area contributed by atoms with Gasteiger partial charge in [0.05, 0.1) is 17.7 Å². The van der Waals surface area contributed by atoms with Crippen LogP contribution in [0, 0.1) is 0 Å². The van der Waals surface area contributed by atoms with Crippen LogP contribution in [0.5, 0.6) is 0 Å². The number of rotatable bonds is 4. The summed E-state index contributed by atoms with van der Waals surface area (Å²) in [4.78, 5) is 0.147. The lowest BCUT2D eigenvalue weighted by Gasteiger charge is -2.32. The minimum Gasteiger partial charge on any atom is -0.371 e. The van der Waals surface area contributed by atoms with E-state index in [4.69, 9.17) is 16.3 Å². The van der Waals surface area contributed by atoms with E-state index in [9.17, 15) is 8.42 Å². The Morgan fingerprint density at radius 1 is 1.17 bits per heavy atom. The van der Waals surface area contributed by atoms with Crippen molar-refractivity contribution in [2.45, 2.75) is 24.3 Å². The standard InChI is InChI=1S/C18H20ClNO3S/c1-2-14-7-9-15(10-8-14)17-13-20(11-12-23-17)24(21,22)18-6-4-3-5-16(18)19/h3-10,17H,2,11-13H2,1H3. The van der Waals surface area contributed by atoms with Crippen molar-refractivity contribution in [2.24, 2.45) is 0 Å². The second kappa shape index (κ2) is 7.23. The number of halogens is 1. The van der Waals surface area contributed by atoms with Crippen LogP contribution in [-0.4, -0.2) is 32.4 Å². The predicted octanol–water partition coefficient (Wildman–Crippen LogP) is 3.66. The van der Waals surface area contributed by atoms with Crippen LogP contribution in [0.3, 0.4) is 0 Å². The SMILES string of the molecule is CCc1ccc(C2CN(S(=O)(=O)c3ccccc3Cl)CCO2)cc1. The lowest BCUT2D eigenvalue weighted by Crippen LogP contribution is -2.42. The molecule has 6 heteroatoms. The molecular weight excluding hydrogens is 346 g/mol. The molecule has 1 aliphatic heterocycles. The normalized spacial score (nSPS) is 19.3. The molecule has 0 radical (unpaired) electrons. The van der Waals surface area contributed by atoms with Crippen molar-refractivity contribution in [3.63, 3.8) is 0 Å². The lowest BCUT2D eigenvalue weighted by atomic mass is 10.1. The smallest absolute Gasteiger partial charge is 0.244 e. The molecule has 1 aliphatic rings. The van der Waals surface area contributed by atoms with E-state index < -0.39 is 10.0 Å². The predicted molar refractivity (Wildman–Crippen MR) is 94.7 cm³/mol. The Morgan fingerprint density at radius 2 is 1.88 bits per heavy atom. The van der Waals surface area contributed by atoms with Crippen LogP contribution >= 0.6 is 11.6 Å². The van der Waals surface area contributed by atoms with Crippen molar-refractivity contribution in [2.75, 3.05) is 19.7 Å². The van der Waals surface area contributed by atoms with Gasteiger partial charge in [0, 0.05) is 13.1 Å². The molecule has 24 heavy (non-hydrogen) atoms. The summed E-state index contributed by atoms with van der Waals surface area (Å²) in [5, 5.41) is 0.243. The first-order valence-corrected chi connectivity index (χ1v) is 9.79. The van der Waals surface area contributed by atoms with Crippen LogP contribution in [0.25, 0.3) is 0 Å². The second-order valence-electron chi connectivity index (χ2n) is 5.75. The van der Waals surface area contributed by atoms with E-state index in [2.05, 4.69) is 19.1 Å². The van der Waals surface area contributed by atoms with E-state index in [1.807, 2.05) is 12.1 Å². The number of nitrogens with zero attached hydrogens (tertiary/aromatic N) is 1. The Hall–Kier alpha value is -1.40. The average molecular weight is 366 g/mol.